The molecule has 0 unspecified atom stereocenters. The fourth-order valence-corrected chi connectivity index (χ4v) is 4.57. The van der Waals surface area contributed by atoms with Crippen LogP contribution in [0.5, 0.6) is 0 Å². The summed E-state index contributed by atoms with van der Waals surface area (Å²) in [5.41, 5.74) is 8.17. The molecular formula is C19H23N3O4S. The monoisotopic (exact) mass is 389 g/mol. The Kier molecular flexibility index (Phi) is 5.74. The number of esters is 1. The molecule has 0 aromatic carbocycles. The maximum Gasteiger partial charge on any atom is 0.351 e. The van der Waals surface area contributed by atoms with Gasteiger partial charge in [0.25, 0.3) is 5.91 Å². The van der Waals surface area contributed by atoms with Crippen LogP contribution in [0, 0.1) is 19.8 Å². The number of nitrogen functional groups attached to an aromatic ring is 1. The molecule has 2 amide bonds. The van der Waals surface area contributed by atoms with E-state index in [9.17, 15) is 14.4 Å². The molecule has 0 saturated heterocycles. The first kappa shape index (κ1) is 19.3. The molecule has 0 bridgehead atoms. The second-order valence-corrected chi connectivity index (χ2v) is 7.93. The van der Waals surface area contributed by atoms with Gasteiger partial charge in [0.15, 0.2) is 6.61 Å². The van der Waals surface area contributed by atoms with Crippen LogP contribution in [0.1, 0.15) is 53.0 Å². The van der Waals surface area contributed by atoms with Crippen molar-refractivity contribution in [2.24, 2.45) is 5.92 Å². The number of nitrogens with two attached hydrogens (primary N) is 1. The van der Waals surface area contributed by atoms with Gasteiger partial charge in [-0.15, -0.1) is 11.3 Å². The minimum absolute atomic E-state index is 0.131. The number of amides is 2. The van der Waals surface area contributed by atoms with E-state index in [1.165, 1.54) is 0 Å². The largest absolute Gasteiger partial charge is 0.451 e. The standard InChI is InChI=1S/C19H23N3O4S/c1-10-8-11(2)21-18-14(10)15(20)16(27-18)19(25)26-9-13(23)22-17(24)12-6-4-3-5-7-12/h8,12H,3-7,9,20H2,1-2H3,(H,22,23,24). The summed E-state index contributed by atoms with van der Waals surface area (Å²) in [6.45, 7) is 3.25. The lowest BCUT2D eigenvalue weighted by Gasteiger charge is -2.20. The van der Waals surface area contributed by atoms with Crippen LogP contribution in [0.4, 0.5) is 5.69 Å². The first-order valence-corrected chi connectivity index (χ1v) is 9.85. The van der Waals surface area contributed by atoms with E-state index in [-0.39, 0.29) is 16.7 Å². The number of aryl methyl sites for hydroxylation is 2. The summed E-state index contributed by atoms with van der Waals surface area (Å²) in [6.07, 6.45) is 4.71. The highest BCUT2D eigenvalue weighted by Gasteiger charge is 2.24. The average Bonchev–Trinajstić information content (AvgIpc) is 2.97. The molecule has 2 heterocycles. The van der Waals surface area contributed by atoms with Crippen molar-refractivity contribution in [1.82, 2.24) is 10.3 Å². The lowest BCUT2D eigenvalue weighted by atomic mass is 9.89. The van der Waals surface area contributed by atoms with Crippen molar-refractivity contribution >= 4 is 45.0 Å². The zero-order valence-electron chi connectivity index (χ0n) is 15.5. The number of imide groups is 1. The highest BCUT2D eigenvalue weighted by atomic mass is 32.1. The molecule has 1 saturated carbocycles. The third-order valence-corrected chi connectivity index (χ3v) is 5.86. The van der Waals surface area contributed by atoms with Gasteiger partial charge in [-0.3, -0.25) is 14.9 Å². The predicted octanol–water partition coefficient (Wildman–Crippen LogP) is 2.88. The van der Waals surface area contributed by atoms with E-state index in [0.29, 0.717) is 10.5 Å². The molecule has 2 aromatic heterocycles. The number of carbonyl (C=O) groups is 3. The molecule has 1 fully saturated rings. The topological polar surface area (TPSA) is 111 Å². The van der Waals surface area contributed by atoms with E-state index in [1.807, 2.05) is 19.9 Å². The first-order valence-electron chi connectivity index (χ1n) is 9.04. The summed E-state index contributed by atoms with van der Waals surface area (Å²) in [7, 11) is 0. The van der Waals surface area contributed by atoms with Crippen LogP contribution in [0.15, 0.2) is 6.07 Å². The molecule has 8 heteroatoms. The number of hydrogen-bond acceptors (Lipinski definition) is 7. The van der Waals surface area contributed by atoms with Crippen molar-refractivity contribution in [2.45, 2.75) is 46.0 Å². The summed E-state index contributed by atoms with van der Waals surface area (Å²) in [5.74, 6) is -1.72. The fraction of sp³-hybridized carbons (Fsp3) is 0.474. The number of thiophene rings is 1. The molecule has 1 aliphatic carbocycles. The van der Waals surface area contributed by atoms with Crippen LogP contribution in [-0.4, -0.2) is 29.4 Å². The van der Waals surface area contributed by atoms with Crippen LogP contribution < -0.4 is 11.1 Å². The molecule has 27 heavy (non-hydrogen) atoms. The fourth-order valence-electron chi connectivity index (χ4n) is 3.46. The maximum absolute atomic E-state index is 12.3. The van der Waals surface area contributed by atoms with Crippen molar-refractivity contribution in [3.05, 3.63) is 22.2 Å². The normalized spacial score (nSPS) is 14.9. The molecule has 7 nitrogen and oxygen atoms in total. The maximum atomic E-state index is 12.3. The predicted molar refractivity (Wildman–Crippen MR) is 104 cm³/mol. The number of nitrogens with zero attached hydrogens (tertiary/aromatic N) is 1. The Labute approximate surface area is 161 Å². The Hall–Kier alpha value is -2.48. The molecular weight excluding hydrogens is 366 g/mol. The second-order valence-electron chi connectivity index (χ2n) is 6.93. The van der Waals surface area contributed by atoms with E-state index in [1.54, 1.807) is 0 Å². The van der Waals surface area contributed by atoms with Gasteiger partial charge in [0.05, 0.1) is 5.69 Å². The van der Waals surface area contributed by atoms with Gasteiger partial charge < -0.3 is 10.5 Å². The highest BCUT2D eigenvalue weighted by molar-refractivity contribution is 7.21. The number of rotatable bonds is 4. The van der Waals surface area contributed by atoms with Gasteiger partial charge in [0.2, 0.25) is 5.91 Å². The summed E-state index contributed by atoms with van der Waals surface area (Å²) in [4.78, 5) is 41.6. The quantitative estimate of drug-likeness (QED) is 0.778. The van der Waals surface area contributed by atoms with Gasteiger partial charge in [0, 0.05) is 17.0 Å². The third-order valence-electron chi connectivity index (χ3n) is 4.78. The van der Waals surface area contributed by atoms with Gasteiger partial charge in [-0.25, -0.2) is 9.78 Å². The molecule has 3 rings (SSSR count). The van der Waals surface area contributed by atoms with Crippen molar-refractivity contribution in [2.75, 3.05) is 12.3 Å². The Morgan fingerprint density at radius 1 is 1.26 bits per heavy atom. The number of pyridine rings is 1. The van der Waals surface area contributed by atoms with Gasteiger partial charge in [-0.05, 0) is 38.3 Å². The van der Waals surface area contributed by atoms with Crippen LogP contribution in [0.25, 0.3) is 10.2 Å². The summed E-state index contributed by atoms with van der Waals surface area (Å²) < 4.78 is 5.06. The van der Waals surface area contributed by atoms with Gasteiger partial charge in [0.1, 0.15) is 9.71 Å². The van der Waals surface area contributed by atoms with Gasteiger partial charge in [-0.2, -0.15) is 0 Å². The zero-order valence-corrected chi connectivity index (χ0v) is 16.3. The number of carbonyl (C=O) groups excluding carboxylic acids is 3. The molecule has 1 aliphatic rings. The number of nitrogens with one attached hydrogen (secondary N) is 1. The number of ether oxygens (including phenoxy) is 1. The molecule has 0 atom stereocenters. The smallest absolute Gasteiger partial charge is 0.351 e. The van der Waals surface area contributed by atoms with Gasteiger partial charge in [-0.1, -0.05) is 19.3 Å². The number of aromatic nitrogens is 1. The summed E-state index contributed by atoms with van der Waals surface area (Å²) >= 11 is 1.14. The Morgan fingerprint density at radius 3 is 2.67 bits per heavy atom. The van der Waals surface area contributed by atoms with E-state index < -0.39 is 18.5 Å². The van der Waals surface area contributed by atoms with Crippen LogP contribution in [0.2, 0.25) is 0 Å². The Bertz CT molecular complexity index is 900. The molecule has 0 radical (unpaired) electrons. The number of hydrogen-bond donors (Lipinski definition) is 2. The summed E-state index contributed by atoms with van der Waals surface area (Å²) in [6, 6.07) is 1.89. The van der Waals surface area contributed by atoms with E-state index >= 15 is 0 Å². The number of fused-ring (bicyclic) bond motifs is 1. The molecule has 0 aliphatic heterocycles. The van der Waals surface area contributed by atoms with Crippen LogP contribution in [0.3, 0.4) is 0 Å². The van der Waals surface area contributed by atoms with E-state index in [2.05, 4.69) is 10.3 Å². The molecule has 3 N–H and O–H groups in total. The van der Waals surface area contributed by atoms with Crippen molar-refractivity contribution in [3.63, 3.8) is 0 Å². The lowest BCUT2D eigenvalue weighted by Crippen LogP contribution is -2.38. The highest BCUT2D eigenvalue weighted by Crippen LogP contribution is 2.35. The van der Waals surface area contributed by atoms with Crippen LogP contribution in [-0.2, 0) is 14.3 Å². The third kappa shape index (κ3) is 4.27. The van der Waals surface area contributed by atoms with E-state index in [0.717, 1.165) is 60.1 Å². The van der Waals surface area contributed by atoms with E-state index in [4.69, 9.17) is 10.5 Å². The minimum atomic E-state index is -0.687. The minimum Gasteiger partial charge on any atom is -0.451 e. The van der Waals surface area contributed by atoms with Crippen molar-refractivity contribution < 1.29 is 19.1 Å². The zero-order chi connectivity index (χ0) is 19.6. The molecule has 144 valence electrons. The molecule has 2 aromatic rings. The SMILES string of the molecule is Cc1cc(C)c2c(N)c(C(=O)OCC(=O)NC(=O)C3CCCCC3)sc2n1. The van der Waals surface area contributed by atoms with Crippen molar-refractivity contribution in [1.29, 1.82) is 0 Å². The Morgan fingerprint density at radius 2 is 1.96 bits per heavy atom. The van der Waals surface area contributed by atoms with Crippen LogP contribution >= 0.6 is 11.3 Å². The van der Waals surface area contributed by atoms with Gasteiger partial charge >= 0.3 is 5.97 Å². The van der Waals surface area contributed by atoms with Crippen molar-refractivity contribution in [3.8, 4) is 0 Å². The average molecular weight is 389 g/mol. The first-order chi connectivity index (χ1) is 12.9. The Balaban J connectivity index is 1.61. The lowest BCUT2D eigenvalue weighted by molar-refractivity contribution is -0.135. The second kappa shape index (κ2) is 8.04. The summed E-state index contributed by atoms with van der Waals surface area (Å²) in [5, 5.41) is 3.05. The number of anilines is 1. The molecule has 0 spiro atoms.